The van der Waals surface area contributed by atoms with Crippen LogP contribution in [0.2, 0.25) is 0 Å². The van der Waals surface area contributed by atoms with Crippen LogP contribution in [0.4, 0.5) is 0 Å². The van der Waals surface area contributed by atoms with Gasteiger partial charge >= 0.3 is 5.97 Å². The van der Waals surface area contributed by atoms with Gasteiger partial charge in [-0.05, 0) is 6.42 Å². The van der Waals surface area contributed by atoms with Crippen LogP contribution in [-0.4, -0.2) is 46.2 Å². The molecule has 100 valence electrons. The zero-order chi connectivity index (χ0) is 13.3. The molecule has 0 aromatic carbocycles. The maximum atomic E-state index is 11.4. The van der Waals surface area contributed by atoms with E-state index in [-0.39, 0.29) is 37.6 Å². The third-order valence-electron chi connectivity index (χ3n) is 1.84. The van der Waals surface area contributed by atoms with Gasteiger partial charge in [0.25, 0.3) is 0 Å². The molecule has 0 bridgehead atoms. The van der Waals surface area contributed by atoms with Crippen molar-refractivity contribution in [2.75, 3.05) is 26.0 Å². The molecule has 0 aliphatic heterocycles. The normalized spacial score (nSPS) is 10.9. The lowest BCUT2D eigenvalue weighted by Gasteiger charge is -2.06. The van der Waals surface area contributed by atoms with E-state index in [2.05, 4.69) is 14.8 Å². The zero-order valence-corrected chi connectivity index (χ0v) is 10.8. The first-order valence-corrected chi connectivity index (χ1v) is 6.81. The molecule has 0 fully saturated rings. The number of sulfonamides is 1. The summed E-state index contributed by atoms with van der Waals surface area (Å²) in [5.41, 5.74) is 0. The third kappa shape index (κ3) is 9.76. The van der Waals surface area contributed by atoms with Gasteiger partial charge in [0, 0.05) is 26.4 Å². The molecule has 0 aliphatic carbocycles. The number of rotatable bonds is 8. The predicted molar refractivity (Wildman–Crippen MR) is 61.7 cm³/mol. The highest BCUT2D eigenvalue weighted by atomic mass is 32.2. The van der Waals surface area contributed by atoms with E-state index in [0.29, 0.717) is 0 Å². The lowest BCUT2D eigenvalue weighted by atomic mass is 10.3. The molecule has 0 unspecified atom stereocenters. The molecule has 2 N–H and O–H groups in total. The van der Waals surface area contributed by atoms with E-state index < -0.39 is 16.0 Å². The second-order valence-electron chi connectivity index (χ2n) is 3.38. The summed E-state index contributed by atoms with van der Waals surface area (Å²) in [4.78, 5) is 21.3. The summed E-state index contributed by atoms with van der Waals surface area (Å²) in [5.74, 6) is -0.782. The largest absolute Gasteiger partial charge is 0.469 e. The van der Waals surface area contributed by atoms with E-state index in [1.54, 1.807) is 0 Å². The van der Waals surface area contributed by atoms with Gasteiger partial charge in [0.2, 0.25) is 15.9 Å². The van der Waals surface area contributed by atoms with Crippen LogP contribution in [-0.2, 0) is 24.3 Å². The Labute approximate surface area is 101 Å². The number of ether oxygens (including phenoxy) is 1. The molecule has 0 radical (unpaired) electrons. The number of esters is 1. The quantitative estimate of drug-likeness (QED) is 0.433. The maximum absolute atomic E-state index is 11.4. The monoisotopic (exact) mass is 266 g/mol. The van der Waals surface area contributed by atoms with Gasteiger partial charge in [0.05, 0.1) is 12.9 Å². The molecular formula is C9H18N2O5S. The molecule has 7 nitrogen and oxygen atoms in total. The van der Waals surface area contributed by atoms with E-state index in [0.717, 1.165) is 0 Å². The van der Waals surface area contributed by atoms with E-state index in [9.17, 15) is 18.0 Å². The number of carbonyl (C=O) groups is 2. The van der Waals surface area contributed by atoms with Crippen molar-refractivity contribution in [3.63, 3.8) is 0 Å². The summed E-state index contributed by atoms with van der Waals surface area (Å²) in [5, 5.41) is 2.46. The molecule has 0 saturated carbocycles. The van der Waals surface area contributed by atoms with E-state index in [4.69, 9.17) is 0 Å². The van der Waals surface area contributed by atoms with Crippen molar-refractivity contribution in [3.8, 4) is 0 Å². The van der Waals surface area contributed by atoms with Crippen molar-refractivity contribution in [1.29, 1.82) is 0 Å². The average molecular weight is 266 g/mol. The highest BCUT2D eigenvalue weighted by Gasteiger charge is 2.10. The van der Waals surface area contributed by atoms with Crippen LogP contribution in [0.15, 0.2) is 0 Å². The van der Waals surface area contributed by atoms with Crippen molar-refractivity contribution in [1.82, 2.24) is 10.0 Å². The molecule has 0 aromatic heterocycles. The minimum atomic E-state index is -3.39. The molecular weight excluding hydrogens is 248 g/mol. The molecule has 0 aliphatic rings. The molecule has 0 saturated heterocycles. The smallest absolute Gasteiger partial charge is 0.305 e. The number of hydrogen-bond donors (Lipinski definition) is 2. The van der Waals surface area contributed by atoms with E-state index >= 15 is 0 Å². The minimum Gasteiger partial charge on any atom is -0.469 e. The lowest BCUT2D eigenvalue weighted by Crippen LogP contribution is -2.34. The Balaban J connectivity index is 3.73. The number of hydrogen-bond acceptors (Lipinski definition) is 5. The summed E-state index contributed by atoms with van der Waals surface area (Å²) in [6.45, 7) is 1.73. The predicted octanol–water partition coefficient (Wildman–Crippen LogP) is -1.00. The Bertz CT molecular complexity index is 352. The van der Waals surface area contributed by atoms with Crippen LogP contribution in [0.25, 0.3) is 0 Å². The zero-order valence-electron chi connectivity index (χ0n) is 9.99. The van der Waals surface area contributed by atoms with Crippen LogP contribution >= 0.6 is 0 Å². The van der Waals surface area contributed by atoms with Gasteiger partial charge in [0.1, 0.15) is 0 Å². The number of amides is 1. The van der Waals surface area contributed by atoms with Gasteiger partial charge in [-0.15, -0.1) is 0 Å². The van der Waals surface area contributed by atoms with E-state index in [1.807, 2.05) is 0 Å². The fourth-order valence-corrected chi connectivity index (χ4v) is 2.11. The molecule has 0 aromatic rings. The van der Waals surface area contributed by atoms with Gasteiger partial charge in [-0.2, -0.15) is 0 Å². The molecule has 0 heterocycles. The van der Waals surface area contributed by atoms with Crippen molar-refractivity contribution in [2.45, 2.75) is 19.8 Å². The topological polar surface area (TPSA) is 102 Å². The van der Waals surface area contributed by atoms with Gasteiger partial charge in [0.15, 0.2) is 0 Å². The highest BCUT2D eigenvalue weighted by molar-refractivity contribution is 7.89. The Morgan fingerprint density at radius 2 is 1.88 bits per heavy atom. The van der Waals surface area contributed by atoms with Gasteiger partial charge in [-0.25, -0.2) is 13.1 Å². The summed E-state index contributed by atoms with van der Waals surface area (Å²) < 4.78 is 29.4. The first-order valence-electron chi connectivity index (χ1n) is 5.16. The standard InChI is InChI=1S/C9H18N2O5S/c1-8(12)10-5-6-11-17(14,15)7-3-4-9(13)16-2/h11H,3-7H2,1-2H3,(H,10,12). The first kappa shape index (κ1) is 15.9. The summed E-state index contributed by atoms with van der Waals surface area (Å²) >= 11 is 0. The Morgan fingerprint density at radius 1 is 1.24 bits per heavy atom. The second-order valence-corrected chi connectivity index (χ2v) is 5.30. The van der Waals surface area contributed by atoms with E-state index in [1.165, 1.54) is 14.0 Å². The third-order valence-corrected chi connectivity index (χ3v) is 3.31. The van der Waals surface area contributed by atoms with Crippen LogP contribution in [0.5, 0.6) is 0 Å². The second kappa shape index (κ2) is 8.02. The van der Waals surface area contributed by atoms with Gasteiger partial charge < -0.3 is 10.1 Å². The molecule has 0 spiro atoms. The van der Waals surface area contributed by atoms with Crippen molar-refractivity contribution in [3.05, 3.63) is 0 Å². The summed E-state index contributed by atoms with van der Waals surface area (Å²) in [6, 6.07) is 0. The van der Waals surface area contributed by atoms with Crippen LogP contribution in [0.1, 0.15) is 19.8 Å². The fourth-order valence-electron chi connectivity index (χ4n) is 1.03. The molecule has 8 heteroatoms. The van der Waals surface area contributed by atoms with Crippen LogP contribution in [0, 0.1) is 0 Å². The van der Waals surface area contributed by atoms with Crippen LogP contribution < -0.4 is 10.0 Å². The summed E-state index contributed by atoms with van der Waals surface area (Å²) in [7, 11) is -2.14. The van der Waals surface area contributed by atoms with Crippen LogP contribution in [0.3, 0.4) is 0 Å². The highest BCUT2D eigenvalue weighted by Crippen LogP contribution is 1.95. The fraction of sp³-hybridized carbons (Fsp3) is 0.778. The first-order chi connectivity index (χ1) is 7.87. The average Bonchev–Trinajstić information content (AvgIpc) is 2.23. The molecule has 1 amide bonds. The number of nitrogens with one attached hydrogen (secondary N) is 2. The lowest BCUT2D eigenvalue weighted by molar-refractivity contribution is -0.140. The summed E-state index contributed by atoms with van der Waals surface area (Å²) in [6.07, 6.45) is 0.283. The molecule has 17 heavy (non-hydrogen) atoms. The number of methoxy groups -OCH3 is 1. The number of carbonyl (C=O) groups excluding carboxylic acids is 2. The van der Waals surface area contributed by atoms with Crippen molar-refractivity contribution >= 4 is 21.9 Å². The molecule has 0 atom stereocenters. The van der Waals surface area contributed by atoms with Gasteiger partial charge in [-0.1, -0.05) is 0 Å². The maximum Gasteiger partial charge on any atom is 0.305 e. The Kier molecular flexibility index (Phi) is 7.47. The van der Waals surface area contributed by atoms with Crippen molar-refractivity contribution in [2.24, 2.45) is 0 Å². The van der Waals surface area contributed by atoms with Gasteiger partial charge in [-0.3, -0.25) is 9.59 Å². The Morgan fingerprint density at radius 3 is 2.41 bits per heavy atom. The Hall–Kier alpha value is -1.15. The SMILES string of the molecule is COC(=O)CCCS(=O)(=O)NCCNC(C)=O. The molecule has 0 rings (SSSR count). The minimum absolute atomic E-state index is 0.0725. The van der Waals surface area contributed by atoms with Crippen molar-refractivity contribution < 1.29 is 22.7 Å².